The van der Waals surface area contributed by atoms with E-state index in [0.29, 0.717) is 5.92 Å². The van der Waals surface area contributed by atoms with Crippen LogP contribution in [-0.2, 0) is 0 Å². The molecule has 2 atom stereocenters. The minimum absolute atomic E-state index is 0.0572. The summed E-state index contributed by atoms with van der Waals surface area (Å²) in [6, 6.07) is 46.1. The van der Waals surface area contributed by atoms with Crippen LogP contribution in [0.5, 0.6) is 0 Å². The molecule has 6 aromatic rings. The molecular formula is C47H38N2. The van der Waals surface area contributed by atoms with Crippen LogP contribution >= 0.6 is 0 Å². The molecule has 1 heterocycles. The van der Waals surface area contributed by atoms with Crippen molar-refractivity contribution in [2.24, 2.45) is 4.99 Å². The van der Waals surface area contributed by atoms with Gasteiger partial charge in [0, 0.05) is 11.5 Å². The summed E-state index contributed by atoms with van der Waals surface area (Å²) in [6.07, 6.45) is 18.1. The van der Waals surface area contributed by atoms with Gasteiger partial charge in [0.25, 0.3) is 0 Å². The monoisotopic (exact) mass is 630 g/mol. The van der Waals surface area contributed by atoms with Crippen molar-refractivity contribution in [3.05, 3.63) is 197 Å². The second-order valence-corrected chi connectivity index (χ2v) is 13.4. The average Bonchev–Trinajstić information content (AvgIpc) is 3.44. The predicted molar refractivity (Wildman–Crippen MR) is 208 cm³/mol. The first kappa shape index (κ1) is 29.4. The van der Waals surface area contributed by atoms with E-state index in [1.807, 2.05) is 0 Å². The minimum Gasteiger partial charge on any atom is -0.359 e. The molecule has 0 radical (unpaired) electrons. The Kier molecular flexibility index (Phi) is 7.63. The molecule has 2 aliphatic carbocycles. The Labute approximate surface area is 288 Å². The predicted octanol–water partition coefficient (Wildman–Crippen LogP) is 11.6. The second-order valence-electron chi connectivity index (χ2n) is 13.4. The van der Waals surface area contributed by atoms with E-state index in [1.54, 1.807) is 0 Å². The molecule has 0 spiro atoms. The Hall–Kier alpha value is -5.73. The maximum Gasteiger partial charge on any atom is 0.135 e. The molecule has 0 saturated heterocycles. The zero-order chi connectivity index (χ0) is 32.6. The SMILES string of the molecule is C1=CC(c2cccc3ccccc23)CC=C(C2C=C(C3=CC=C(c4cccc5ccccc45)CC3)N=C(c3cccc4ccccc34)N2)C1. The Morgan fingerprint density at radius 2 is 1.16 bits per heavy atom. The Bertz CT molecular complexity index is 2420. The fourth-order valence-electron chi connectivity index (χ4n) is 7.93. The van der Waals surface area contributed by atoms with E-state index in [4.69, 9.17) is 4.99 Å². The molecule has 0 bridgehead atoms. The lowest BCUT2D eigenvalue weighted by molar-refractivity contribution is 0.773. The van der Waals surface area contributed by atoms with Gasteiger partial charge < -0.3 is 5.32 Å². The third-order valence-electron chi connectivity index (χ3n) is 10.5. The van der Waals surface area contributed by atoms with Crippen LogP contribution in [0, 0.1) is 0 Å². The van der Waals surface area contributed by atoms with Crippen molar-refractivity contribution in [1.82, 2.24) is 5.32 Å². The van der Waals surface area contributed by atoms with Gasteiger partial charge in [-0.1, -0.05) is 158 Å². The van der Waals surface area contributed by atoms with Crippen LogP contribution in [-0.4, -0.2) is 11.9 Å². The summed E-state index contributed by atoms with van der Waals surface area (Å²) in [6.45, 7) is 0. The number of amidine groups is 1. The van der Waals surface area contributed by atoms with E-state index in [0.717, 1.165) is 42.8 Å². The van der Waals surface area contributed by atoms with Crippen LogP contribution in [0.1, 0.15) is 48.3 Å². The first-order valence-corrected chi connectivity index (χ1v) is 17.6. The smallest absolute Gasteiger partial charge is 0.135 e. The van der Waals surface area contributed by atoms with Crippen molar-refractivity contribution in [2.75, 3.05) is 0 Å². The molecule has 236 valence electrons. The van der Waals surface area contributed by atoms with Crippen LogP contribution in [0.3, 0.4) is 0 Å². The Balaban J connectivity index is 1.09. The number of nitrogens with zero attached hydrogens (tertiary/aromatic N) is 1. The van der Waals surface area contributed by atoms with Crippen LogP contribution in [0.2, 0.25) is 0 Å². The summed E-state index contributed by atoms with van der Waals surface area (Å²) in [5, 5.41) is 11.6. The fourth-order valence-corrected chi connectivity index (χ4v) is 7.93. The Morgan fingerprint density at radius 1 is 0.571 bits per heavy atom. The van der Waals surface area contributed by atoms with E-state index in [2.05, 4.69) is 169 Å². The number of rotatable bonds is 5. The fraction of sp³-hybridized carbons (Fsp3) is 0.128. The molecule has 1 N–H and O–H groups in total. The van der Waals surface area contributed by atoms with Crippen molar-refractivity contribution in [3.8, 4) is 0 Å². The van der Waals surface area contributed by atoms with Gasteiger partial charge >= 0.3 is 0 Å². The molecule has 2 heteroatoms. The van der Waals surface area contributed by atoms with Gasteiger partial charge in [0.1, 0.15) is 5.84 Å². The van der Waals surface area contributed by atoms with E-state index in [-0.39, 0.29) is 6.04 Å². The molecule has 49 heavy (non-hydrogen) atoms. The van der Waals surface area contributed by atoms with E-state index in [9.17, 15) is 0 Å². The van der Waals surface area contributed by atoms with Crippen molar-refractivity contribution in [2.45, 2.75) is 37.6 Å². The number of fused-ring (bicyclic) bond motifs is 3. The van der Waals surface area contributed by atoms with Gasteiger partial charge in [-0.15, -0.1) is 0 Å². The first-order valence-electron chi connectivity index (χ1n) is 17.6. The zero-order valence-corrected chi connectivity index (χ0v) is 27.5. The normalized spacial score (nSPS) is 19.4. The molecule has 0 amide bonds. The van der Waals surface area contributed by atoms with E-state index < -0.39 is 0 Å². The number of allylic oxidation sites excluding steroid dienone is 7. The summed E-state index contributed by atoms with van der Waals surface area (Å²) >= 11 is 0. The third-order valence-corrected chi connectivity index (χ3v) is 10.5. The molecule has 3 aliphatic rings. The van der Waals surface area contributed by atoms with Crippen LogP contribution in [0.25, 0.3) is 37.9 Å². The molecule has 1 aliphatic heterocycles. The maximum absolute atomic E-state index is 5.36. The van der Waals surface area contributed by atoms with Crippen molar-refractivity contribution in [3.63, 3.8) is 0 Å². The number of hydrogen-bond acceptors (Lipinski definition) is 2. The Morgan fingerprint density at radius 3 is 1.90 bits per heavy atom. The molecule has 2 nitrogen and oxygen atoms in total. The number of nitrogens with one attached hydrogen (secondary N) is 1. The average molecular weight is 631 g/mol. The molecular weight excluding hydrogens is 593 g/mol. The van der Waals surface area contributed by atoms with Gasteiger partial charge in [-0.3, -0.25) is 0 Å². The van der Waals surface area contributed by atoms with Crippen LogP contribution in [0.4, 0.5) is 0 Å². The highest BCUT2D eigenvalue weighted by Gasteiger charge is 2.25. The highest BCUT2D eigenvalue weighted by Crippen LogP contribution is 2.37. The van der Waals surface area contributed by atoms with Gasteiger partial charge in [0.15, 0.2) is 0 Å². The molecule has 2 unspecified atom stereocenters. The van der Waals surface area contributed by atoms with Gasteiger partial charge in [0.05, 0.1) is 11.7 Å². The molecule has 0 saturated carbocycles. The quantitative estimate of drug-likeness (QED) is 0.188. The second kappa shape index (κ2) is 12.7. The van der Waals surface area contributed by atoms with Crippen LogP contribution in [0.15, 0.2) is 186 Å². The summed E-state index contributed by atoms with van der Waals surface area (Å²) in [7, 11) is 0. The van der Waals surface area contributed by atoms with E-state index in [1.165, 1.54) is 60.2 Å². The largest absolute Gasteiger partial charge is 0.359 e. The summed E-state index contributed by atoms with van der Waals surface area (Å²) < 4.78 is 0. The van der Waals surface area contributed by atoms with Gasteiger partial charge in [-0.05, 0) is 91.9 Å². The molecule has 6 aromatic carbocycles. The molecule has 0 aromatic heterocycles. The minimum atomic E-state index is 0.0572. The van der Waals surface area contributed by atoms with Crippen molar-refractivity contribution < 1.29 is 0 Å². The lowest BCUT2D eigenvalue weighted by Gasteiger charge is -2.28. The number of benzene rings is 6. The summed E-state index contributed by atoms with van der Waals surface area (Å²) in [4.78, 5) is 5.36. The highest BCUT2D eigenvalue weighted by molar-refractivity contribution is 6.11. The van der Waals surface area contributed by atoms with Gasteiger partial charge in [0.2, 0.25) is 0 Å². The first-order chi connectivity index (χ1) is 24.3. The molecule has 9 rings (SSSR count). The summed E-state index contributed by atoms with van der Waals surface area (Å²) in [5.41, 5.74) is 9.05. The standard InChI is InChI=1S/C47H38N2/c1-4-19-39-32(11-1)15-8-22-41(39)35-14-7-18-37(28-25-35)45-31-46(49-47(48-45)44-24-10-17-34-13-3-6-21-43(34)44)38-29-26-36(27-30-38)42-23-9-16-33-12-2-5-20-40(33)42/h1-17,19-24,26,28-29,31,35,45H,18,25,27,30H2,(H,48,49). The van der Waals surface area contributed by atoms with E-state index >= 15 is 0 Å². The molecule has 0 fully saturated rings. The van der Waals surface area contributed by atoms with Gasteiger partial charge in [-0.25, -0.2) is 4.99 Å². The van der Waals surface area contributed by atoms with Crippen molar-refractivity contribution >= 4 is 43.7 Å². The topological polar surface area (TPSA) is 24.4 Å². The third kappa shape index (κ3) is 5.64. The highest BCUT2D eigenvalue weighted by atomic mass is 15.1. The number of aliphatic imine (C=N–C) groups is 1. The lowest BCUT2D eigenvalue weighted by atomic mass is 9.88. The number of hydrogen-bond donors (Lipinski definition) is 1. The summed E-state index contributed by atoms with van der Waals surface area (Å²) in [5.74, 6) is 1.30. The maximum atomic E-state index is 5.36. The van der Waals surface area contributed by atoms with Gasteiger partial charge in [-0.2, -0.15) is 0 Å². The lowest BCUT2D eigenvalue weighted by Crippen LogP contribution is -2.38. The van der Waals surface area contributed by atoms with Crippen LogP contribution < -0.4 is 5.32 Å². The van der Waals surface area contributed by atoms with Crippen molar-refractivity contribution in [1.29, 1.82) is 0 Å². The zero-order valence-electron chi connectivity index (χ0n) is 27.5.